The average Bonchev–Trinajstić information content (AvgIpc) is 2.92. The third kappa shape index (κ3) is 2.34. The molecule has 1 unspecified atom stereocenters. The van der Waals surface area contributed by atoms with E-state index in [1.54, 1.807) is 6.07 Å². The molecule has 0 amide bonds. The first-order chi connectivity index (χ1) is 10.3. The molecule has 1 atom stereocenters. The van der Waals surface area contributed by atoms with Crippen LogP contribution >= 0.6 is 0 Å². The van der Waals surface area contributed by atoms with Crippen LogP contribution in [0.25, 0.3) is 0 Å². The molecule has 0 bridgehead atoms. The van der Waals surface area contributed by atoms with Crippen molar-refractivity contribution in [2.75, 3.05) is 13.4 Å². The molecule has 3 aliphatic rings. The van der Waals surface area contributed by atoms with Gasteiger partial charge in [0.15, 0.2) is 11.5 Å². The summed E-state index contributed by atoms with van der Waals surface area (Å²) in [5, 5.41) is 9.54. The molecule has 4 rings (SSSR count). The van der Waals surface area contributed by atoms with E-state index in [0.29, 0.717) is 17.2 Å². The molecule has 0 radical (unpaired) electrons. The maximum atomic E-state index is 9.54. The molecule has 2 fully saturated rings. The standard InChI is InChI=1S/C16H20O5/c17-9-11-6-14-15(19-10-18-14)7-13(11)21-12-2-5-20-16(8-12)3-1-4-16/h6-7,12,17H,1-5,8-10H2. The number of aliphatic hydroxyl groups is 1. The Bertz CT molecular complexity index is 538. The van der Waals surface area contributed by atoms with Crippen LogP contribution in [0.1, 0.15) is 37.7 Å². The molecule has 1 saturated carbocycles. The van der Waals surface area contributed by atoms with Gasteiger partial charge in [-0.25, -0.2) is 0 Å². The zero-order chi connectivity index (χ0) is 14.3. The zero-order valence-electron chi connectivity index (χ0n) is 12.0. The second kappa shape index (κ2) is 5.07. The van der Waals surface area contributed by atoms with Gasteiger partial charge >= 0.3 is 0 Å². The fourth-order valence-corrected chi connectivity index (χ4v) is 3.38. The van der Waals surface area contributed by atoms with Crippen LogP contribution < -0.4 is 14.2 Å². The number of hydrogen-bond donors (Lipinski definition) is 1. The zero-order valence-corrected chi connectivity index (χ0v) is 12.0. The van der Waals surface area contributed by atoms with Crippen molar-refractivity contribution < 1.29 is 24.1 Å². The van der Waals surface area contributed by atoms with E-state index in [1.165, 1.54) is 6.42 Å². The SMILES string of the molecule is OCc1cc2c(cc1OC1CCOC3(CCC3)C1)OCO2. The Kier molecular flexibility index (Phi) is 3.19. The number of aliphatic hydroxyl groups excluding tert-OH is 1. The summed E-state index contributed by atoms with van der Waals surface area (Å²) >= 11 is 0. The van der Waals surface area contributed by atoms with Gasteiger partial charge in [0.25, 0.3) is 0 Å². The van der Waals surface area contributed by atoms with Crippen molar-refractivity contribution in [1.29, 1.82) is 0 Å². The summed E-state index contributed by atoms with van der Waals surface area (Å²) in [5.74, 6) is 2.06. The predicted molar refractivity (Wildman–Crippen MR) is 74.7 cm³/mol. The lowest BCUT2D eigenvalue weighted by Crippen LogP contribution is -2.48. The number of benzene rings is 1. The van der Waals surface area contributed by atoms with Gasteiger partial charge in [-0.15, -0.1) is 0 Å². The topological polar surface area (TPSA) is 57.2 Å². The van der Waals surface area contributed by atoms with Crippen LogP contribution in [0.2, 0.25) is 0 Å². The van der Waals surface area contributed by atoms with Crippen molar-refractivity contribution in [2.45, 2.75) is 50.4 Å². The van der Waals surface area contributed by atoms with Crippen molar-refractivity contribution in [1.82, 2.24) is 0 Å². The molecular formula is C16H20O5. The summed E-state index contributed by atoms with van der Waals surface area (Å²) in [6.45, 7) is 0.911. The lowest BCUT2D eigenvalue weighted by Gasteiger charge is -2.47. The highest BCUT2D eigenvalue weighted by Gasteiger charge is 2.43. The molecule has 1 aliphatic carbocycles. The first-order valence-corrected chi connectivity index (χ1v) is 7.62. The molecule has 0 aromatic heterocycles. The number of rotatable bonds is 3. The summed E-state index contributed by atoms with van der Waals surface area (Å²) in [4.78, 5) is 0. The second-order valence-electron chi connectivity index (χ2n) is 6.09. The van der Waals surface area contributed by atoms with Crippen LogP contribution in [0.15, 0.2) is 12.1 Å². The molecule has 5 nitrogen and oxygen atoms in total. The van der Waals surface area contributed by atoms with E-state index in [4.69, 9.17) is 18.9 Å². The van der Waals surface area contributed by atoms with E-state index in [2.05, 4.69) is 0 Å². The molecule has 5 heteroatoms. The minimum atomic E-state index is -0.0691. The summed E-state index contributed by atoms with van der Waals surface area (Å²) < 4.78 is 22.8. The van der Waals surface area contributed by atoms with Gasteiger partial charge in [0.1, 0.15) is 11.9 Å². The molecule has 2 heterocycles. The molecule has 1 aromatic rings. The predicted octanol–water partition coefficient (Wildman–Crippen LogP) is 2.39. The van der Waals surface area contributed by atoms with Gasteiger partial charge in [-0.1, -0.05) is 0 Å². The first-order valence-electron chi connectivity index (χ1n) is 7.62. The molecule has 21 heavy (non-hydrogen) atoms. The first kappa shape index (κ1) is 13.2. The summed E-state index contributed by atoms with van der Waals surface area (Å²) in [6, 6.07) is 3.63. The van der Waals surface area contributed by atoms with E-state index in [9.17, 15) is 5.11 Å². The van der Waals surface area contributed by atoms with E-state index in [0.717, 1.165) is 37.9 Å². The van der Waals surface area contributed by atoms with Crippen molar-refractivity contribution in [2.24, 2.45) is 0 Å². The number of hydrogen-bond acceptors (Lipinski definition) is 5. The van der Waals surface area contributed by atoms with E-state index in [1.807, 2.05) is 6.07 Å². The number of ether oxygens (including phenoxy) is 4. The monoisotopic (exact) mass is 292 g/mol. The third-order valence-electron chi connectivity index (χ3n) is 4.73. The quantitative estimate of drug-likeness (QED) is 0.927. The van der Waals surface area contributed by atoms with Crippen LogP contribution in [0.3, 0.4) is 0 Å². The lowest BCUT2D eigenvalue weighted by molar-refractivity contribution is -0.153. The summed E-state index contributed by atoms with van der Waals surface area (Å²) in [6.07, 6.45) is 5.50. The minimum absolute atomic E-state index is 0.0542. The Hall–Kier alpha value is -1.46. The van der Waals surface area contributed by atoms with E-state index >= 15 is 0 Å². The maximum Gasteiger partial charge on any atom is 0.231 e. The van der Waals surface area contributed by atoms with Gasteiger partial charge < -0.3 is 24.1 Å². The summed E-state index contributed by atoms with van der Waals surface area (Å²) in [5.41, 5.74) is 0.798. The molecule has 1 saturated heterocycles. The second-order valence-corrected chi connectivity index (χ2v) is 6.09. The minimum Gasteiger partial charge on any atom is -0.490 e. The smallest absolute Gasteiger partial charge is 0.231 e. The lowest BCUT2D eigenvalue weighted by atomic mass is 9.74. The molecule has 2 aliphatic heterocycles. The Morgan fingerprint density at radius 1 is 1.24 bits per heavy atom. The Labute approximate surface area is 123 Å². The third-order valence-corrected chi connectivity index (χ3v) is 4.73. The van der Waals surface area contributed by atoms with Crippen LogP contribution in [-0.2, 0) is 11.3 Å². The van der Waals surface area contributed by atoms with Crippen LogP contribution in [0.5, 0.6) is 17.2 Å². The van der Waals surface area contributed by atoms with Crippen molar-refractivity contribution >= 4 is 0 Å². The number of fused-ring (bicyclic) bond motifs is 1. The Balaban J connectivity index is 1.53. The van der Waals surface area contributed by atoms with Gasteiger partial charge in [0.2, 0.25) is 6.79 Å². The maximum absolute atomic E-state index is 9.54. The van der Waals surface area contributed by atoms with Crippen molar-refractivity contribution in [3.8, 4) is 17.2 Å². The molecule has 1 N–H and O–H groups in total. The van der Waals surface area contributed by atoms with Gasteiger partial charge in [-0.2, -0.15) is 0 Å². The highest BCUT2D eigenvalue weighted by molar-refractivity contribution is 5.51. The van der Waals surface area contributed by atoms with Gasteiger partial charge in [0, 0.05) is 24.5 Å². The fraction of sp³-hybridized carbons (Fsp3) is 0.625. The van der Waals surface area contributed by atoms with E-state index in [-0.39, 0.29) is 25.1 Å². The largest absolute Gasteiger partial charge is 0.490 e. The summed E-state index contributed by atoms with van der Waals surface area (Å²) in [7, 11) is 0. The molecule has 1 spiro atoms. The van der Waals surface area contributed by atoms with Crippen LogP contribution in [-0.4, -0.2) is 30.2 Å². The highest BCUT2D eigenvalue weighted by Crippen LogP contribution is 2.44. The van der Waals surface area contributed by atoms with Gasteiger partial charge in [-0.05, 0) is 25.3 Å². The van der Waals surface area contributed by atoms with Crippen LogP contribution in [0, 0.1) is 0 Å². The Morgan fingerprint density at radius 2 is 2.05 bits per heavy atom. The Morgan fingerprint density at radius 3 is 2.76 bits per heavy atom. The molecular weight excluding hydrogens is 272 g/mol. The normalized spacial score (nSPS) is 25.7. The van der Waals surface area contributed by atoms with Crippen LogP contribution in [0.4, 0.5) is 0 Å². The average molecular weight is 292 g/mol. The van der Waals surface area contributed by atoms with Gasteiger partial charge in [0.05, 0.1) is 18.8 Å². The van der Waals surface area contributed by atoms with Gasteiger partial charge in [-0.3, -0.25) is 0 Å². The highest BCUT2D eigenvalue weighted by atomic mass is 16.7. The molecule has 1 aromatic carbocycles. The molecule has 114 valence electrons. The van der Waals surface area contributed by atoms with E-state index < -0.39 is 0 Å². The van der Waals surface area contributed by atoms with Crippen molar-refractivity contribution in [3.05, 3.63) is 17.7 Å². The van der Waals surface area contributed by atoms with Crippen molar-refractivity contribution in [3.63, 3.8) is 0 Å². The fourth-order valence-electron chi connectivity index (χ4n) is 3.38.